The largest absolute Gasteiger partial charge is 0.507 e. The van der Waals surface area contributed by atoms with E-state index in [9.17, 15) is 9.90 Å². The van der Waals surface area contributed by atoms with Crippen molar-refractivity contribution in [2.24, 2.45) is 0 Å². The third kappa shape index (κ3) is 2.86. The number of rotatable bonds is 2. The van der Waals surface area contributed by atoms with Gasteiger partial charge in [0.2, 0.25) is 0 Å². The Labute approximate surface area is 91.7 Å². The van der Waals surface area contributed by atoms with Crippen molar-refractivity contribution in [3.63, 3.8) is 0 Å². The number of hydrogen-bond donors (Lipinski definition) is 1. The van der Waals surface area contributed by atoms with Crippen molar-refractivity contribution >= 4 is 17.6 Å². The average molecular weight is 226 g/mol. The minimum atomic E-state index is -0.854. The number of carbonyl (C=O) groups excluding carboxylic acids is 1. The first-order chi connectivity index (χ1) is 7.04. The van der Waals surface area contributed by atoms with Gasteiger partial charge in [-0.05, 0) is 25.1 Å². The van der Waals surface area contributed by atoms with E-state index in [0.29, 0.717) is 5.02 Å². The van der Waals surface area contributed by atoms with Crippen molar-refractivity contribution in [3.8, 4) is 11.8 Å². The monoisotopic (exact) mass is 225 g/mol. The van der Waals surface area contributed by atoms with Gasteiger partial charge < -0.3 is 9.84 Å². The maximum atomic E-state index is 11.4. The second-order valence-electron chi connectivity index (χ2n) is 2.84. The molecular weight excluding hydrogens is 218 g/mol. The Morgan fingerprint density at radius 1 is 1.67 bits per heavy atom. The molecule has 5 heteroatoms. The molecule has 0 amide bonds. The van der Waals surface area contributed by atoms with Gasteiger partial charge in [-0.15, -0.1) is 0 Å². The highest BCUT2D eigenvalue weighted by Crippen LogP contribution is 2.22. The molecule has 4 nitrogen and oxygen atoms in total. The molecule has 15 heavy (non-hydrogen) atoms. The summed E-state index contributed by atoms with van der Waals surface area (Å²) in [6.45, 7) is 1.44. The average Bonchev–Trinajstić information content (AvgIpc) is 2.17. The number of aromatic hydroxyl groups is 1. The van der Waals surface area contributed by atoms with Crippen molar-refractivity contribution < 1.29 is 14.6 Å². The van der Waals surface area contributed by atoms with E-state index < -0.39 is 12.1 Å². The van der Waals surface area contributed by atoms with Gasteiger partial charge in [0.05, 0.1) is 0 Å². The maximum absolute atomic E-state index is 11.4. The summed E-state index contributed by atoms with van der Waals surface area (Å²) in [4.78, 5) is 11.4. The van der Waals surface area contributed by atoms with Crippen LogP contribution in [0.2, 0.25) is 5.02 Å². The summed E-state index contributed by atoms with van der Waals surface area (Å²) >= 11 is 5.59. The lowest BCUT2D eigenvalue weighted by molar-refractivity contribution is 0.0432. The molecule has 0 saturated carbocycles. The van der Waals surface area contributed by atoms with Crippen molar-refractivity contribution in [3.05, 3.63) is 28.8 Å². The molecule has 0 aliphatic rings. The fourth-order valence-corrected chi connectivity index (χ4v) is 1.09. The molecule has 0 aromatic heterocycles. The molecule has 1 aromatic rings. The van der Waals surface area contributed by atoms with E-state index in [0.717, 1.165) is 0 Å². The second-order valence-corrected chi connectivity index (χ2v) is 3.27. The standard InChI is InChI=1S/C10H8ClNO3/c1-6(5-12)15-10(14)8-3-2-7(11)4-9(8)13/h2-4,6,13H,1H3/t6-/m0/s1. The topological polar surface area (TPSA) is 70.3 Å². The van der Waals surface area contributed by atoms with Crippen molar-refractivity contribution in [1.82, 2.24) is 0 Å². The van der Waals surface area contributed by atoms with Crippen LogP contribution < -0.4 is 0 Å². The zero-order valence-electron chi connectivity index (χ0n) is 7.90. The number of phenols is 1. The summed E-state index contributed by atoms with van der Waals surface area (Å²) in [5, 5.41) is 18.1. The molecule has 78 valence electrons. The van der Waals surface area contributed by atoms with Gasteiger partial charge >= 0.3 is 5.97 Å². The second kappa shape index (κ2) is 4.67. The van der Waals surface area contributed by atoms with Gasteiger partial charge in [0.1, 0.15) is 17.4 Å². The molecule has 0 saturated heterocycles. The van der Waals surface area contributed by atoms with Crippen LogP contribution in [0.15, 0.2) is 18.2 Å². The van der Waals surface area contributed by atoms with Crippen molar-refractivity contribution in [2.45, 2.75) is 13.0 Å². The lowest BCUT2D eigenvalue weighted by atomic mass is 10.2. The van der Waals surface area contributed by atoms with Crippen LogP contribution in [0.5, 0.6) is 5.75 Å². The van der Waals surface area contributed by atoms with E-state index in [2.05, 4.69) is 0 Å². The zero-order valence-corrected chi connectivity index (χ0v) is 8.65. The van der Waals surface area contributed by atoms with E-state index in [-0.39, 0.29) is 11.3 Å². The van der Waals surface area contributed by atoms with Gasteiger partial charge in [-0.2, -0.15) is 5.26 Å². The van der Waals surface area contributed by atoms with Crippen LogP contribution >= 0.6 is 11.6 Å². The lowest BCUT2D eigenvalue weighted by Crippen LogP contribution is -2.13. The van der Waals surface area contributed by atoms with Crippen LogP contribution in [0.4, 0.5) is 0 Å². The highest BCUT2D eigenvalue weighted by molar-refractivity contribution is 6.30. The molecule has 0 aliphatic heterocycles. The zero-order chi connectivity index (χ0) is 11.4. The molecule has 1 N–H and O–H groups in total. The SMILES string of the molecule is C[C@@H](C#N)OC(=O)c1ccc(Cl)cc1O. The van der Waals surface area contributed by atoms with Gasteiger partial charge in [0, 0.05) is 5.02 Å². The van der Waals surface area contributed by atoms with Crippen molar-refractivity contribution in [2.75, 3.05) is 0 Å². The summed E-state index contributed by atoms with van der Waals surface area (Å²) in [6.07, 6.45) is -0.854. The van der Waals surface area contributed by atoms with Gasteiger partial charge in [-0.3, -0.25) is 0 Å². The number of benzene rings is 1. The first-order valence-electron chi connectivity index (χ1n) is 4.13. The van der Waals surface area contributed by atoms with Gasteiger partial charge in [0.15, 0.2) is 6.10 Å². The van der Waals surface area contributed by atoms with E-state index in [4.69, 9.17) is 21.6 Å². The Balaban J connectivity index is 2.88. The summed E-state index contributed by atoms with van der Waals surface area (Å²) in [5.41, 5.74) is -0.0125. The fraction of sp³-hybridized carbons (Fsp3) is 0.200. The number of esters is 1. The Bertz CT molecular complexity index is 425. The molecule has 0 unspecified atom stereocenters. The number of nitriles is 1. The molecule has 0 fully saturated rings. The smallest absolute Gasteiger partial charge is 0.343 e. The third-order valence-electron chi connectivity index (χ3n) is 1.65. The predicted molar refractivity (Wildman–Crippen MR) is 53.6 cm³/mol. The minimum absolute atomic E-state index is 0.0125. The Hall–Kier alpha value is -1.73. The number of nitrogens with zero attached hydrogens (tertiary/aromatic N) is 1. The fourth-order valence-electron chi connectivity index (χ4n) is 0.928. The molecule has 0 spiro atoms. The molecule has 1 aromatic carbocycles. The van der Waals surface area contributed by atoms with Crippen LogP contribution in [0, 0.1) is 11.3 Å². The molecule has 0 bridgehead atoms. The van der Waals surface area contributed by atoms with Crippen LogP contribution in [0.25, 0.3) is 0 Å². The highest BCUT2D eigenvalue weighted by atomic mass is 35.5. The van der Waals surface area contributed by atoms with E-state index in [1.165, 1.54) is 25.1 Å². The first-order valence-corrected chi connectivity index (χ1v) is 4.51. The predicted octanol–water partition coefficient (Wildman–Crippen LogP) is 2.11. The van der Waals surface area contributed by atoms with Crippen LogP contribution in [-0.2, 0) is 4.74 Å². The van der Waals surface area contributed by atoms with Crippen LogP contribution in [0.3, 0.4) is 0 Å². The summed E-state index contributed by atoms with van der Waals surface area (Å²) < 4.78 is 4.70. The molecule has 0 heterocycles. The number of hydrogen-bond acceptors (Lipinski definition) is 4. The van der Waals surface area contributed by atoms with Gasteiger partial charge in [0.25, 0.3) is 0 Å². The number of ether oxygens (including phenoxy) is 1. The quantitative estimate of drug-likeness (QED) is 0.783. The maximum Gasteiger partial charge on any atom is 0.343 e. The molecular formula is C10H8ClNO3. The summed E-state index contributed by atoms with van der Waals surface area (Å²) in [7, 11) is 0. The van der Waals surface area contributed by atoms with Gasteiger partial charge in [-0.1, -0.05) is 11.6 Å². The first kappa shape index (κ1) is 11.3. The lowest BCUT2D eigenvalue weighted by Gasteiger charge is -2.07. The molecule has 0 radical (unpaired) electrons. The molecule has 0 aliphatic carbocycles. The Morgan fingerprint density at radius 2 is 2.33 bits per heavy atom. The number of carbonyl (C=O) groups is 1. The molecule has 1 atom stereocenters. The van der Waals surface area contributed by atoms with E-state index in [1.807, 2.05) is 0 Å². The Morgan fingerprint density at radius 3 is 2.87 bits per heavy atom. The number of halogens is 1. The van der Waals surface area contributed by atoms with Gasteiger partial charge in [-0.25, -0.2) is 4.79 Å². The van der Waals surface area contributed by atoms with E-state index >= 15 is 0 Å². The number of phenolic OH excluding ortho intramolecular Hbond substituents is 1. The molecule has 1 rings (SSSR count). The van der Waals surface area contributed by atoms with Crippen molar-refractivity contribution in [1.29, 1.82) is 5.26 Å². The Kier molecular flexibility index (Phi) is 3.53. The minimum Gasteiger partial charge on any atom is -0.507 e. The normalized spacial score (nSPS) is 11.5. The van der Waals surface area contributed by atoms with Crippen LogP contribution in [-0.4, -0.2) is 17.2 Å². The summed E-state index contributed by atoms with van der Waals surface area (Å²) in [5.74, 6) is -1.02. The highest BCUT2D eigenvalue weighted by Gasteiger charge is 2.15. The van der Waals surface area contributed by atoms with Crippen LogP contribution in [0.1, 0.15) is 17.3 Å². The summed E-state index contributed by atoms with van der Waals surface area (Å²) in [6, 6.07) is 5.77. The van der Waals surface area contributed by atoms with E-state index in [1.54, 1.807) is 6.07 Å². The third-order valence-corrected chi connectivity index (χ3v) is 1.88.